The van der Waals surface area contributed by atoms with Crippen molar-refractivity contribution in [2.45, 2.75) is 19.6 Å². The molecule has 3 aromatic rings. The lowest BCUT2D eigenvalue weighted by atomic mass is 10.0. The molecule has 23 heavy (non-hydrogen) atoms. The van der Waals surface area contributed by atoms with E-state index in [1.807, 2.05) is 0 Å². The standard InChI is InChI=1S/C15H11F3N2O3/c1-8-4-2-3-5-9(8)10-12(21)11-14(23-7-19-11)20(13(10)22)6-15(16,17)18/h2-5,7,21H,6H2,1H3. The van der Waals surface area contributed by atoms with Crippen LogP contribution in [0.5, 0.6) is 5.75 Å². The molecule has 120 valence electrons. The van der Waals surface area contributed by atoms with Crippen LogP contribution in [0.15, 0.2) is 39.9 Å². The number of hydrogen-bond donors (Lipinski definition) is 1. The Bertz CT molecular complexity index is 941. The van der Waals surface area contributed by atoms with Gasteiger partial charge in [0.2, 0.25) is 5.71 Å². The molecule has 8 heteroatoms. The molecule has 0 aliphatic carbocycles. The SMILES string of the molecule is Cc1ccccc1-c1c(O)c2ncoc2n(CC(F)(F)F)c1=O. The van der Waals surface area contributed by atoms with Gasteiger partial charge in [-0.15, -0.1) is 0 Å². The van der Waals surface area contributed by atoms with Crippen LogP contribution in [0.1, 0.15) is 5.56 Å². The van der Waals surface area contributed by atoms with Crippen LogP contribution in [0, 0.1) is 6.92 Å². The van der Waals surface area contributed by atoms with Crippen LogP contribution in [-0.2, 0) is 6.54 Å². The minimum atomic E-state index is -4.62. The van der Waals surface area contributed by atoms with E-state index in [9.17, 15) is 23.1 Å². The Balaban J connectivity index is 2.40. The molecule has 0 atom stereocenters. The quantitative estimate of drug-likeness (QED) is 0.786. The highest BCUT2D eigenvalue weighted by Crippen LogP contribution is 2.34. The van der Waals surface area contributed by atoms with E-state index in [-0.39, 0.29) is 11.1 Å². The zero-order chi connectivity index (χ0) is 16.8. The summed E-state index contributed by atoms with van der Waals surface area (Å²) in [5.41, 5.74) is -0.835. The summed E-state index contributed by atoms with van der Waals surface area (Å²) in [7, 11) is 0. The van der Waals surface area contributed by atoms with Crippen molar-refractivity contribution in [2.75, 3.05) is 0 Å². The van der Waals surface area contributed by atoms with Gasteiger partial charge in [0.15, 0.2) is 17.7 Å². The lowest BCUT2D eigenvalue weighted by molar-refractivity contribution is -0.140. The Labute approximate surface area is 127 Å². The number of rotatable bonds is 2. The third-order valence-electron chi connectivity index (χ3n) is 3.47. The van der Waals surface area contributed by atoms with Gasteiger partial charge in [-0.3, -0.25) is 9.36 Å². The molecule has 0 spiro atoms. The minimum Gasteiger partial charge on any atom is -0.505 e. The Morgan fingerprint density at radius 1 is 1.30 bits per heavy atom. The highest BCUT2D eigenvalue weighted by molar-refractivity contribution is 5.87. The lowest BCUT2D eigenvalue weighted by Gasteiger charge is -2.13. The molecule has 0 aliphatic rings. The van der Waals surface area contributed by atoms with Crippen LogP contribution < -0.4 is 5.56 Å². The zero-order valence-corrected chi connectivity index (χ0v) is 11.9. The predicted molar refractivity (Wildman–Crippen MR) is 76.2 cm³/mol. The zero-order valence-electron chi connectivity index (χ0n) is 11.9. The first-order valence-electron chi connectivity index (χ1n) is 6.61. The second kappa shape index (κ2) is 5.15. The first-order chi connectivity index (χ1) is 10.8. The Kier molecular flexibility index (Phi) is 3.39. The van der Waals surface area contributed by atoms with Crippen molar-refractivity contribution in [3.8, 4) is 16.9 Å². The van der Waals surface area contributed by atoms with Gasteiger partial charge in [-0.25, -0.2) is 4.98 Å². The molecule has 1 aromatic carbocycles. The Morgan fingerprint density at radius 3 is 2.65 bits per heavy atom. The van der Waals surface area contributed by atoms with Gasteiger partial charge in [0.05, 0.1) is 5.56 Å². The summed E-state index contributed by atoms with van der Waals surface area (Å²) in [6, 6.07) is 6.59. The van der Waals surface area contributed by atoms with E-state index in [0.717, 1.165) is 6.39 Å². The molecule has 2 heterocycles. The van der Waals surface area contributed by atoms with Gasteiger partial charge in [0.25, 0.3) is 5.56 Å². The van der Waals surface area contributed by atoms with E-state index < -0.39 is 29.7 Å². The molecule has 0 unspecified atom stereocenters. The Morgan fingerprint density at radius 2 is 2.00 bits per heavy atom. The maximum absolute atomic E-state index is 12.8. The number of aryl methyl sites for hydroxylation is 1. The van der Waals surface area contributed by atoms with Gasteiger partial charge < -0.3 is 9.52 Å². The average Bonchev–Trinajstić information content (AvgIpc) is 2.94. The normalized spacial score (nSPS) is 12.0. The minimum absolute atomic E-state index is 0.188. The monoisotopic (exact) mass is 324 g/mol. The van der Waals surface area contributed by atoms with Crippen molar-refractivity contribution in [1.29, 1.82) is 0 Å². The smallest absolute Gasteiger partial charge is 0.406 e. The van der Waals surface area contributed by atoms with Crippen LogP contribution >= 0.6 is 0 Å². The van der Waals surface area contributed by atoms with Crippen LogP contribution in [0.3, 0.4) is 0 Å². The molecule has 0 bridgehead atoms. The van der Waals surface area contributed by atoms with Crippen molar-refractivity contribution >= 4 is 11.2 Å². The summed E-state index contributed by atoms with van der Waals surface area (Å²) in [6.45, 7) is 0.159. The van der Waals surface area contributed by atoms with Crippen molar-refractivity contribution in [3.63, 3.8) is 0 Å². The molecule has 0 saturated carbocycles. The third kappa shape index (κ3) is 2.56. The lowest BCUT2D eigenvalue weighted by Crippen LogP contribution is -2.29. The molecule has 3 rings (SSSR count). The number of hydrogen-bond acceptors (Lipinski definition) is 4. The summed E-state index contributed by atoms with van der Waals surface area (Å²) in [5.74, 6) is -0.494. The van der Waals surface area contributed by atoms with E-state index in [0.29, 0.717) is 15.7 Å². The highest BCUT2D eigenvalue weighted by Gasteiger charge is 2.32. The van der Waals surface area contributed by atoms with Gasteiger partial charge >= 0.3 is 6.18 Å². The van der Waals surface area contributed by atoms with Crippen molar-refractivity contribution < 1.29 is 22.7 Å². The fourth-order valence-corrected chi connectivity index (χ4v) is 2.46. The number of alkyl halides is 3. The number of benzene rings is 1. The average molecular weight is 324 g/mol. The number of pyridine rings is 1. The first-order valence-corrected chi connectivity index (χ1v) is 6.61. The molecule has 1 N–H and O–H groups in total. The molecular formula is C15H11F3N2O3. The summed E-state index contributed by atoms with van der Waals surface area (Å²) < 4.78 is 43.7. The van der Waals surface area contributed by atoms with Crippen LogP contribution in [0.25, 0.3) is 22.4 Å². The van der Waals surface area contributed by atoms with Gasteiger partial charge in [0.1, 0.15) is 6.54 Å². The van der Waals surface area contributed by atoms with Gasteiger partial charge in [-0.2, -0.15) is 13.2 Å². The number of nitrogens with zero attached hydrogens (tertiary/aromatic N) is 2. The summed E-state index contributed by atoms with van der Waals surface area (Å²) in [4.78, 5) is 16.3. The van der Waals surface area contributed by atoms with E-state index in [4.69, 9.17) is 4.42 Å². The summed E-state index contributed by atoms with van der Waals surface area (Å²) in [5, 5.41) is 10.3. The predicted octanol–water partition coefficient (Wildman–Crippen LogP) is 3.23. The molecule has 0 radical (unpaired) electrons. The second-order valence-electron chi connectivity index (χ2n) is 5.05. The van der Waals surface area contributed by atoms with Crippen molar-refractivity contribution in [2.24, 2.45) is 0 Å². The van der Waals surface area contributed by atoms with Gasteiger partial charge in [-0.1, -0.05) is 24.3 Å². The van der Waals surface area contributed by atoms with E-state index >= 15 is 0 Å². The fraction of sp³-hybridized carbons (Fsp3) is 0.200. The van der Waals surface area contributed by atoms with Gasteiger partial charge in [-0.05, 0) is 18.1 Å². The topological polar surface area (TPSA) is 68.3 Å². The number of fused-ring (bicyclic) bond motifs is 1. The van der Waals surface area contributed by atoms with Crippen LogP contribution in [-0.4, -0.2) is 20.8 Å². The maximum Gasteiger partial charge on any atom is 0.406 e. The number of halogens is 3. The van der Waals surface area contributed by atoms with E-state index in [2.05, 4.69) is 4.98 Å². The fourth-order valence-electron chi connectivity index (χ4n) is 2.46. The molecule has 5 nitrogen and oxygen atoms in total. The Hall–Kier alpha value is -2.77. The van der Waals surface area contributed by atoms with E-state index in [1.54, 1.807) is 31.2 Å². The molecule has 2 aromatic heterocycles. The van der Waals surface area contributed by atoms with Gasteiger partial charge in [0, 0.05) is 0 Å². The second-order valence-corrected chi connectivity index (χ2v) is 5.05. The van der Waals surface area contributed by atoms with Crippen LogP contribution in [0.4, 0.5) is 13.2 Å². The largest absolute Gasteiger partial charge is 0.505 e. The van der Waals surface area contributed by atoms with Crippen molar-refractivity contribution in [3.05, 3.63) is 46.6 Å². The third-order valence-corrected chi connectivity index (χ3v) is 3.47. The molecular weight excluding hydrogens is 313 g/mol. The number of aromatic nitrogens is 2. The first kappa shape index (κ1) is 15.1. The van der Waals surface area contributed by atoms with Crippen molar-refractivity contribution in [1.82, 2.24) is 9.55 Å². The maximum atomic E-state index is 12.8. The number of aromatic hydroxyl groups is 1. The molecule has 0 aliphatic heterocycles. The number of oxazole rings is 1. The molecule has 0 saturated heterocycles. The molecule has 0 amide bonds. The molecule has 0 fully saturated rings. The summed E-state index contributed by atoms with van der Waals surface area (Å²) in [6.07, 6.45) is -3.73. The van der Waals surface area contributed by atoms with E-state index in [1.165, 1.54) is 0 Å². The van der Waals surface area contributed by atoms with Crippen LogP contribution in [0.2, 0.25) is 0 Å². The summed E-state index contributed by atoms with van der Waals surface area (Å²) >= 11 is 0. The highest BCUT2D eigenvalue weighted by atomic mass is 19.4.